The van der Waals surface area contributed by atoms with E-state index in [1.807, 2.05) is 18.2 Å². The van der Waals surface area contributed by atoms with Crippen molar-refractivity contribution < 1.29 is 9.53 Å². The van der Waals surface area contributed by atoms with Crippen molar-refractivity contribution in [3.63, 3.8) is 0 Å². The Morgan fingerprint density at radius 1 is 1.36 bits per heavy atom. The molecule has 0 saturated heterocycles. The number of ether oxygens (including phenoxy) is 1. The lowest BCUT2D eigenvalue weighted by Crippen LogP contribution is -2.16. The van der Waals surface area contributed by atoms with E-state index >= 15 is 0 Å². The molecular formula is C12H14O2. The van der Waals surface area contributed by atoms with Crippen LogP contribution in [0.3, 0.4) is 0 Å². The van der Waals surface area contributed by atoms with Crippen LogP contribution in [-0.2, 0) is 0 Å². The maximum atomic E-state index is 11.6. The second-order valence-electron chi connectivity index (χ2n) is 3.90. The van der Waals surface area contributed by atoms with Crippen molar-refractivity contribution in [3.05, 3.63) is 29.3 Å². The number of benzene rings is 1. The van der Waals surface area contributed by atoms with Crippen LogP contribution < -0.4 is 4.74 Å². The Hall–Kier alpha value is -1.31. The summed E-state index contributed by atoms with van der Waals surface area (Å²) in [4.78, 5) is 11.6. The molecule has 74 valence electrons. The lowest BCUT2D eigenvalue weighted by molar-refractivity contribution is 0.0932. The Morgan fingerprint density at radius 3 is 2.86 bits per heavy atom. The fourth-order valence-electron chi connectivity index (χ4n) is 1.77. The molecule has 0 amide bonds. The molecule has 2 nitrogen and oxygen atoms in total. The van der Waals surface area contributed by atoms with Gasteiger partial charge in [0.1, 0.15) is 5.75 Å². The Morgan fingerprint density at radius 2 is 2.14 bits per heavy atom. The van der Waals surface area contributed by atoms with Gasteiger partial charge in [0.2, 0.25) is 0 Å². The molecule has 1 aromatic rings. The molecule has 0 aliphatic carbocycles. The third-order valence-electron chi connectivity index (χ3n) is 2.54. The summed E-state index contributed by atoms with van der Waals surface area (Å²) in [5.41, 5.74) is 1.89. The second-order valence-corrected chi connectivity index (χ2v) is 3.90. The highest BCUT2D eigenvalue weighted by molar-refractivity contribution is 6.00. The highest BCUT2D eigenvalue weighted by Crippen LogP contribution is 2.33. The summed E-state index contributed by atoms with van der Waals surface area (Å²) in [7, 11) is 0. The van der Waals surface area contributed by atoms with Gasteiger partial charge in [0.15, 0.2) is 5.78 Å². The number of hydrogen-bond acceptors (Lipinski definition) is 2. The summed E-state index contributed by atoms with van der Waals surface area (Å²) in [6, 6.07) is 5.81. The molecule has 0 fully saturated rings. The van der Waals surface area contributed by atoms with Crippen LogP contribution in [0.15, 0.2) is 18.2 Å². The summed E-state index contributed by atoms with van der Waals surface area (Å²) in [6.07, 6.45) is 0.508. The number of para-hydroxylation sites is 1. The number of ketones is 1. The highest BCUT2D eigenvalue weighted by atomic mass is 16.5. The van der Waals surface area contributed by atoms with E-state index in [9.17, 15) is 4.79 Å². The molecule has 1 aliphatic rings. The number of carbonyl (C=O) groups excluding carboxylic acids is 1. The topological polar surface area (TPSA) is 26.3 Å². The maximum Gasteiger partial charge on any atom is 0.170 e. The average molecular weight is 190 g/mol. The predicted octanol–water partition coefficient (Wildman–Crippen LogP) is 2.78. The summed E-state index contributed by atoms with van der Waals surface area (Å²) >= 11 is 0. The first kappa shape index (κ1) is 9.25. The first-order valence-electron chi connectivity index (χ1n) is 4.99. The monoisotopic (exact) mass is 190 g/mol. The average Bonchev–Trinajstić information content (AvgIpc) is 2.17. The molecule has 0 N–H and O–H groups in total. The van der Waals surface area contributed by atoms with Crippen molar-refractivity contribution in [2.75, 3.05) is 6.61 Å². The quantitative estimate of drug-likeness (QED) is 0.680. The van der Waals surface area contributed by atoms with Gasteiger partial charge < -0.3 is 4.74 Å². The lowest BCUT2D eigenvalue weighted by atomic mass is 9.95. The van der Waals surface area contributed by atoms with E-state index < -0.39 is 0 Å². The number of hydrogen-bond donors (Lipinski definition) is 0. The fraction of sp³-hybridized carbons (Fsp3) is 0.417. The van der Waals surface area contributed by atoms with Crippen LogP contribution in [0.4, 0.5) is 0 Å². The van der Waals surface area contributed by atoms with Gasteiger partial charge in [-0.25, -0.2) is 0 Å². The number of Topliss-reactive ketones (excluding diaryl/α,β-unsaturated/α-hetero) is 1. The third kappa shape index (κ3) is 1.41. The van der Waals surface area contributed by atoms with E-state index in [1.54, 1.807) is 0 Å². The van der Waals surface area contributed by atoms with Gasteiger partial charge in [-0.3, -0.25) is 4.79 Å². The van der Waals surface area contributed by atoms with Crippen LogP contribution in [-0.4, -0.2) is 12.4 Å². The minimum absolute atomic E-state index is 0.203. The molecule has 0 radical (unpaired) electrons. The number of carbonyl (C=O) groups is 1. The minimum atomic E-state index is 0.203. The van der Waals surface area contributed by atoms with E-state index in [0.717, 1.165) is 16.9 Å². The summed E-state index contributed by atoms with van der Waals surface area (Å²) in [6.45, 7) is 4.74. The molecule has 1 heterocycles. The normalized spacial score (nSPS) is 15.2. The van der Waals surface area contributed by atoms with Crippen LogP contribution in [0.25, 0.3) is 0 Å². The molecule has 2 heteroatoms. The van der Waals surface area contributed by atoms with E-state index in [-0.39, 0.29) is 5.78 Å². The smallest absolute Gasteiger partial charge is 0.170 e. The van der Waals surface area contributed by atoms with E-state index in [4.69, 9.17) is 4.74 Å². The fourth-order valence-corrected chi connectivity index (χ4v) is 1.77. The molecular weight excluding hydrogens is 176 g/mol. The zero-order chi connectivity index (χ0) is 10.1. The van der Waals surface area contributed by atoms with Crippen molar-refractivity contribution in [2.45, 2.75) is 26.2 Å². The van der Waals surface area contributed by atoms with E-state index in [2.05, 4.69) is 13.8 Å². The lowest BCUT2D eigenvalue weighted by Gasteiger charge is -2.20. The zero-order valence-electron chi connectivity index (χ0n) is 8.54. The van der Waals surface area contributed by atoms with Gasteiger partial charge >= 0.3 is 0 Å². The maximum absolute atomic E-state index is 11.6. The van der Waals surface area contributed by atoms with Gasteiger partial charge in [-0.15, -0.1) is 0 Å². The minimum Gasteiger partial charge on any atom is -0.492 e. The van der Waals surface area contributed by atoms with Crippen molar-refractivity contribution in [1.29, 1.82) is 0 Å². The molecule has 0 spiro atoms. The van der Waals surface area contributed by atoms with Crippen LogP contribution in [0.1, 0.15) is 42.1 Å². The van der Waals surface area contributed by atoms with Crippen LogP contribution in [0.2, 0.25) is 0 Å². The molecule has 2 rings (SSSR count). The Bertz CT molecular complexity index is 367. The Labute approximate surface area is 83.9 Å². The summed E-state index contributed by atoms with van der Waals surface area (Å²) in [5, 5.41) is 0. The first-order chi connectivity index (χ1) is 6.70. The van der Waals surface area contributed by atoms with Crippen molar-refractivity contribution in [1.82, 2.24) is 0 Å². The Balaban J connectivity index is 2.55. The zero-order valence-corrected chi connectivity index (χ0v) is 8.54. The SMILES string of the molecule is CC(C)c1cccc2c1OCCC2=O. The molecule has 0 bridgehead atoms. The standard InChI is InChI=1S/C12H14O2/c1-8(2)9-4-3-5-10-11(13)6-7-14-12(9)10/h3-5,8H,6-7H2,1-2H3. The van der Waals surface area contributed by atoms with Crippen molar-refractivity contribution in [3.8, 4) is 5.75 Å². The van der Waals surface area contributed by atoms with Crippen molar-refractivity contribution in [2.24, 2.45) is 0 Å². The van der Waals surface area contributed by atoms with Gasteiger partial charge in [-0.1, -0.05) is 26.0 Å². The second kappa shape index (κ2) is 3.45. The molecule has 0 unspecified atom stereocenters. The third-order valence-corrected chi connectivity index (χ3v) is 2.54. The summed E-state index contributed by atoms with van der Waals surface area (Å²) < 4.78 is 5.57. The van der Waals surface area contributed by atoms with Crippen LogP contribution >= 0.6 is 0 Å². The van der Waals surface area contributed by atoms with Crippen LogP contribution in [0, 0.1) is 0 Å². The molecule has 0 aromatic heterocycles. The highest BCUT2D eigenvalue weighted by Gasteiger charge is 2.21. The van der Waals surface area contributed by atoms with Gasteiger partial charge in [0.25, 0.3) is 0 Å². The Kier molecular flexibility index (Phi) is 2.28. The van der Waals surface area contributed by atoms with Gasteiger partial charge in [-0.2, -0.15) is 0 Å². The van der Waals surface area contributed by atoms with Crippen LogP contribution in [0.5, 0.6) is 5.75 Å². The molecule has 1 aromatic carbocycles. The van der Waals surface area contributed by atoms with Gasteiger partial charge in [0, 0.05) is 6.42 Å². The van der Waals surface area contributed by atoms with E-state index in [0.29, 0.717) is 18.9 Å². The largest absolute Gasteiger partial charge is 0.492 e. The molecule has 0 atom stereocenters. The van der Waals surface area contributed by atoms with E-state index in [1.165, 1.54) is 0 Å². The summed E-state index contributed by atoms with van der Waals surface area (Å²) in [5.74, 6) is 1.41. The van der Waals surface area contributed by atoms with Gasteiger partial charge in [0.05, 0.1) is 12.2 Å². The van der Waals surface area contributed by atoms with Crippen molar-refractivity contribution >= 4 is 5.78 Å². The van der Waals surface area contributed by atoms with Gasteiger partial charge in [-0.05, 0) is 17.5 Å². The number of fused-ring (bicyclic) bond motifs is 1. The predicted molar refractivity (Wildman–Crippen MR) is 55.0 cm³/mol. The number of rotatable bonds is 1. The first-order valence-corrected chi connectivity index (χ1v) is 4.99. The molecule has 0 saturated carbocycles. The molecule has 14 heavy (non-hydrogen) atoms. The molecule has 1 aliphatic heterocycles.